The molecule has 32 heavy (non-hydrogen) atoms. The number of carboxylic acids is 1. The molecular weight excluding hydrogens is 452 g/mol. The van der Waals surface area contributed by atoms with E-state index >= 15 is 0 Å². The molecule has 168 valence electrons. The summed E-state index contributed by atoms with van der Waals surface area (Å²) in [5.41, 5.74) is 6.20. The summed E-state index contributed by atoms with van der Waals surface area (Å²) >= 11 is 1.59. The first-order chi connectivity index (χ1) is 15.3. The van der Waals surface area contributed by atoms with Gasteiger partial charge in [0.25, 0.3) is 0 Å². The van der Waals surface area contributed by atoms with Crippen LogP contribution in [0.5, 0.6) is 0 Å². The minimum Gasteiger partial charge on any atom is -0.480 e. The van der Waals surface area contributed by atoms with Gasteiger partial charge in [0.2, 0.25) is 22.0 Å². The number of thioether (sulfide) groups is 2. The zero-order chi connectivity index (χ0) is 23.5. The van der Waals surface area contributed by atoms with Gasteiger partial charge in [0, 0.05) is 23.3 Å². The maximum Gasteiger partial charge on any atom is 0.320 e. The van der Waals surface area contributed by atoms with Gasteiger partial charge in [-0.1, -0.05) is 84.2 Å². The maximum atomic E-state index is 12.7. The Labute approximate surface area is 193 Å². The third kappa shape index (κ3) is 8.29. The highest BCUT2D eigenvalue weighted by Crippen LogP contribution is 2.24. The number of carbonyl (C=O) groups is 5. The number of carboxylic acid groups (broad SMARTS) is 1. The summed E-state index contributed by atoms with van der Waals surface area (Å²) in [6.45, 7) is 0. The fourth-order valence-electron chi connectivity index (χ4n) is 2.43. The fraction of sp³-hybridized carbons (Fsp3) is 0.227. The Bertz CT molecular complexity index is 969. The molecule has 0 aliphatic rings. The van der Waals surface area contributed by atoms with E-state index in [4.69, 9.17) is 10.8 Å². The van der Waals surface area contributed by atoms with Crippen LogP contribution in [0.25, 0.3) is 0 Å². The van der Waals surface area contributed by atoms with E-state index in [0.717, 1.165) is 23.5 Å². The van der Waals surface area contributed by atoms with E-state index in [2.05, 4.69) is 5.32 Å². The number of amides is 2. The summed E-state index contributed by atoms with van der Waals surface area (Å²) in [5, 5.41) is 9.30. The zero-order valence-electron chi connectivity index (χ0n) is 16.9. The molecule has 8 nitrogen and oxygen atoms in total. The van der Waals surface area contributed by atoms with Gasteiger partial charge in [-0.2, -0.15) is 0 Å². The van der Waals surface area contributed by atoms with Gasteiger partial charge < -0.3 is 10.8 Å². The number of hydrogen-bond donors (Lipinski definition) is 3. The fourth-order valence-corrected chi connectivity index (χ4v) is 4.36. The summed E-state index contributed by atoms with van der Waals surface area (Å²) < 4.78 is 0. The highest BCUT2D eigenvalue weighted by Gasteiger charge is 2.27. The molecule has 2 atom stereocenters. The second kappa shape index (κ2) is 12.8. The molecule has 0 aliphatic heterocycles. The summed E-state index contributed by atoms with van der Waals surface area (Å²) in [7, 11) is 0. The molecular formula is C22H22N2O6S2. The van der Waals surface area contributed by atoms with E-state index < -0.39 is 29.1 Å². The van der Waals surface area contributed by atoms with Gasteiger partial charge in [-0.25, -0.2) is 0 Å². The van der Waals surface area contributed by atoms with Crippen LogP contribution in [0.2, 0.25) is 0 Å². The van der Waals surface area contributed by atoms with Crippen LogP contribution in [-0.4, -0.2) is 50.2 Å². The molecule has 2 unspecified atom stereocenters. The largest absolute Gasteiger partial charge is 0.480 e. The van der Waals surface area contributed by atoms with Crippen molar-refractivity contribution in [1.82, 2.24) is 5.32 Å². The first-order valence-electron chi connectivity index (χ1n) is 9.58. The van der Waals surface area contributed by atoms with E-state index in [9.17, 15) is 24.0 Å². The molecule has 2 aromatic rings. The van der Waals surface area contributed by atoms with Crippen molar-refractivity contribution in [2.45, 2.75) is 24.1 Å². The standard InChI is InChI=1S/C22H22N2O6S2/c23-16(20(27)28)11-12-18(25)24-19(26)17(32-22(30)15-9-5-2-6-10-15)13-31-21(29)14-7-3-1-4-8-14/h1-10,16-17H,11-13,23H2,(H,27,28)(H,24,25,26). The minimum absolute atomic E-state index is 0.0370. The molecule has 2 amide bonds. The van der Waals surface area contributed by atoms with E-state index in [1.54, 1.807) is 60.7 Å². The van der Waals surface area contributed by atoms with E-state index in [0.29, 0.717) is 11.1 Å². The lowest BCUT2D eigenvalue weighted by Crippen LogP contribution is -2.40. The van der Waals surface area contributed by atoms with Crippen LogP contribution in [0, 0.1) is 0 Å². The number of imide groups is 1. The van der Waals surface area contributed by atoms with Crippen LogP contribution < -0.4 is 11.1 Å². The monoisotopic (exact) mass is 474 g/mol. The van der Waals surface area contributed by atoms with Crippen molar-refractivity contribution in [2.75, 3.05) is 5.75 Å². The summed E-state index contributed by atoms with van der Waals surface area (Å²) in [4.78, 5) is 60.5. The normalized spacial score (nSPS) is 12.4. The number of hydrogen-bond acceptors (Lipinski definition) is 8. The second-order valence-electron chi connectivity index (χ2n) is 6.62. The lowest BCUT2D eigenvalue weighted by molar-refractivity contribution is -0.138. The Hall–Kier alpha value is -2.95. The van der Waals surface area contributed by atoms with Gasteiger partial charge in [-0.3, -0.25) is 29.3 Å². The molecule has 0 aliphatic carbocycles. The number of nitrogens with one attached hydrogen (secondary N) is 1. The smallest absolute Gasteiger partial charge is 0.320 e. The van der Waals surface area contributed by atoms with Gasteiger partial charge in [0.05, 0.1) is 0 Å². The number of benzene rings is 2. The van der Waals surface area contributed by atoms with Crippen molar-refractivity contribution in [2.24, 2.45) is 5.73 Å². The Morgan fingerprint density at radius 1 is 0.875 bits per heavy atom. The molecule has 0 bridgehead atoms. The quantitative estimate of drug-likeness (QED) is 0.472. The second-order valence-corrected chi connectivity index (χ2v) is 8.79. The van der Waals surface area contributed by atoms with Gasteiger partial charge >= 0.3 is 5.97 Å². The first kappa shape index (κ1) is 25.3. The summed E-state index contributed by atoms with van der Waals surface area (Å²) in [6, 6.07) is 15.6. The SMILES string of the molecule is NC(CCC(=O)NC(=O)C(CSC(=O)c1ccccc1)SC(=O)c1ccccc1)C(=O)O. The predicted molar refractivity (Wildman–Crippen MR) is 123 cm³/mol. The molecule has 0 saturated carbocycles. The minimum atomic E-state index is -1.25. The highest BCUT2D eigenvalue weighted by atomic mass is 32.2. The first-order valence-corrected chi connectivity index (χ1v) is 11.4. The van der Waals surface area contributed by atoms with Crippen LogP contribution >= 0.6 is 23.5 Å². The average molecular weight is 475 g/mol. The van der Waals surface area contributed by atoms with Gasteiger partial charge in [-0.05, 0) is 6.42 Å². The van der Waals surface area contributed by atoms with Gasteiger partial charge in [0.15, 0.2) is 0 Å². The topological polar surface area (TPSA) is 144 Å². The van der Waals surface area contributed by atoms with Crippen LogP contribution in [0.4, 0.5) is 0 Å². The Kier molecular flexibility index (Phi) is 10.1. The number of rotatable bonds is 10. The Morgan fingerprint density at radius 2 is 1.41 bits per heavy atom. The molecule has 0 radical (unpaired) electrons. The number of nitrogens with two attached hydrogens (primary N) is 1. The molecule has 0 heterocycles. The molecule has 0 saturated heterocycles. The lowest BCUT2D eigenvalue weighted by Gasteiger charge is -2.15. The van der Waals surface area contributed by atoms with Crippen molar-refractivity contribution < 1.29 is 29.1 Å². The molecule has 10 heteroatoms. The van der Waals surface area contributed by atoms with Crippen molar-refractivity contribution >= 4 is 51.5 Å². The highest BCUT2D eigenvalue weighted by molar-refractivity contribution is 8.18. The molecule has 0 fully saturated rings. The Balaban J connectivity index is 2.04. The molecule has 2 rings (SSSR count). The average Bonchev–Trinajstić information content (AvgIpc) is 2.80. The predicted octanol–water partition coefficient (Wildman–Crippen LogP) is 2.34. The molecule has 0 aromatic heterocycles. The third-order valence-corrected chi connectivity index (χ3v) is 6.51. The third-order valence-electron chi connectivity index (χ3n) is 4.19. The van der Waals surface area contributed by atoms with Crippen LogP contribution in [0.15, 0.2) is 60.7 Å². The van der Waals surface area contributed by atoms with Crippen LogP contribution in [-0.2, 0) is 14.4 Å². The number of carbonyl (C=O) groups excluding carboxylic acids is 4. The molecule has 4 N–H and O–H groups in total. The van der Waals surface area contributed by atoms with Gasteiger partial charge in [-0.15, -0.1) is 0 Å². The van der Waals surface area contributed by atoms with Crippen LogP contribution in [0.3, 0.4) is 0 Å². The molecule has 2 aromatic carbocycles. The van der Waals surface area contributed by atoms with E-state index in [1.165, 1.54) is 0 Å². The summed E-state index contributed by atoms with van der Waals surface area (Å²) in [5.74, 6) is -2.72. The zero-order valence-corrected chi connectivity index (χ0v) is 18.6. The van der Waals surface area contributed by atoms with Crippen molar-refractivity contribution in [3.05, 3.63) is 71.8 Å². The van der Waals surface area contributed by atoms with E-state index in [1.807, 2.05) is 0 Å². The van der Waals surface area contributed by atoms with Crippen molar-refractivity contribution in [3.63, 3.8) is 0 Å². The van der Waals surface area contributed by atoms with Crippen molar-refractivity contribution in [3.8, 4) is 0 Å². The van der Waals surface area contributed by atoms with Crippen LogP contribution in [0.1, 0.15) is 33.6 Å². The molecule has 0 spiro atoms. The van der Waals surface area contributed by atoms with Gasteiger partial charge in [0.1, 0.15) is 11.3 Å². The van der Waals surface area contributed by atoms with Crippen molar-refractivity contribution in [1.29, 1.82) is 0 Å². The lowest BCUT2D eigenvalue weighted by atomic mass is 10.1. The Morgan fingerprint density at radius 3 is 1.94 bits per heavy atom. The van der Waals surface area contributed by atoms with E-state index in [-0.39, 0.29) is 28.8 Å². The summed E-state index contributed by atoms with van der Waals surface area (Å²) in [6.07, 6.45) is -0.407. The maximum absolute atomic E-state index is 12.7. The number of aliphatic carboxylic acids is 1.